The van der Waals surface area contributed by atoms with Gasteiger partial charge in [0.15, 0.2) is 0 Å². The molecule has 0 bridgehead atoms. The van der Waals surface area contributed by atoms with Crippen molar-refractivity contribution in [3.05, 3.63) is 36.0 Å². The van der Waals surface area contributed by atoms with Gasteiger partial charge in [-0.3, -0.25) is 14.5 Å². The number of nitriles is 1. The summed E-state index contributed by atoms with van der Waals surface area (Å²) in [5, 5.41) is 17.5. The second-order valence-corrected chi connectivity index (χ2v) is 6.14. The molecule has 0 radical (unpaired) electrons. The second-order valence-electron chi connectivity index (χ2n) is 6.14. The lowest BCUT2D eigenvalue weighted by molar-refractivity contribution is -0.114. The van der Waals surface area contributed by atoms with Crippen LogP contribution in [0.1, 0.15) is 13.3 Å². The summed E-state index contributed by atoms with van der Waals surface area (Å²) >= 11 is 0. The van der Waals surface area contributed by atoms with Crippen molar-refractivity contribution in [3.8, 4) is 6.07 Å². The molecular weight excluding hydrogens is 346 g/mol. The molecule has 1 aromatic carbocycles. The zero-order chi connectivity index (χ0) is 19.5. The molecule has 1 fully saturated rings. The summed E-state index contributed by atoms with van der Waals surface area (Å²) < 4.78 is 5.31. The second kappa shape index (κ2) is 11.0. The monoisotopic (exact) mass is 371 g/mol. The number of benzene rings is 1. The van der Waals surface area contributed by atoms with Crippen molar-refractivity contribution in [3.63, 3.8) is 0 Å². The van der Waals surface area contributed by atoms with Crippen LogP contribution in [0.5, 0.6) is 0 Å². The molecule has 0 aliphatic carbocycles. The van der Waals surface area contributed by atoms with E-state index in [-0.39, 0.29) is 11.5 Å². The van der Waals surface area contributed by atoms with Gasteiger partial charge in [-0.2, -0.15) is 5.26 Å². The number of carbonyl (C=O) groups excluding carboxylic acids is 2. The van der Waals surface area contributed by atoms with Crippen molar-refractivity contribution in [2.45, 2.75) is 13.3 Å². The number of nitrogens with one attached hydrogen (secondary N) is 3. The molecule has 1 heterocycles. The molecule has 8 heteroatoms. The van der Waals surface area contributed by atoms with Crippen LogP contribution < -0.4 is 16.0 Å². The predicted molar refractivity (Wildman–Crippen MR) is 103 cm³/mol. The fraction of sp³-hybridized carbons (Fsp3) is 0.421. The first-order valence-electron chi connectivity index (χ1n) is 8.91. The average molecular weight is 371 g/mol. The Balaban J connectivity index is 1.76. The Morgan fingerprint density at radius 1 is 1.19 bits per heavy atom. The summed E-state index contributed by atoms with van der Waals surface area (Å²) in [4.78, 5) is 25.5. The standard InChI is InChI=1S/C19H25N5O3/c1-15(25)22-17-3-5-18(6-4-17)23-19(26)16(13-20)14-21-7-2-8-24-9-11-27-12-10-24/h3-6,14,21H,2,7-12H2,1H3,(H,22,25)(H,23,26)/b16-14-. The smallest absolute Gasteiger partial charge is 0.267 e. The summed E-state index contributed by atoms with van der Waals surface area (Å²) in [5.74, 6) is -0.647. The molecule has 1 saturated heterocycles. The molecule has 0 aromatic heterocycles. The van der Waals surface area contributed by atoms with Crippen LogP contribution >= 0.6 is 0 Å². The third-order valence-corrected chi connectivity index (χ3v) is 3.97. The van der Waals surface area contributed by atoms with Gasteiger partial charge < -0.3 is 20.7 Å². The highest BCUT2D eigenvalue weighted by atomic mass is 16.5. The Kier molecular flexibility index (Phi) is 8.29. The van der Waals surface area contributed by atoms with Crippen molar-refractivity contribution in [2.75, 3.05) is 50.0 Å². The van der Waals surface area contributed by atoms with Gasteiger partial charge in [-0.1, -0.05) is 0 Å². The Hall–Kier alpha value is -2.89. The van der Waals surface area contributed by atoms with Gasteiger partial charge in [-0.25, -0.2) is 0 Å². The summed E-state index contributed by atoms with van der Waals surface area (Å²) in [6.45, 7) is 6.51. The number of hydrogen-bond acceptors (Lipinski definition) is 6. The van der Waals surface area contributed by atoms with Crippen LogP contribution in [0.15, 0.2) is 36.0 Å². The minimum Gasteiger partial charge on any atom is -0.390 e. The van der Waals surface area contributed by atoms with Gasteiger partial charge in [0, 0.05) is 44.1 Å². The highest BCUT2D eigenvalue weighted by Gasteiger charge is 2.10. The molecule has 2 amide bonds. The first-order chi connectivity index (χ1) is 13.1. The van der Waals surface area contributed by atoms with Crippen LogP contribution in [-0.4, -0.2) is 56.1 Å². The third kappa shape index (κ3) is 7.48. The molecule has 0 unspecified atom stereocenters. The summed E-state index contributed by atoms with van der Waals surface area (Å²) in [6, 6.07) is 8.58. The maximum atomic E-state index is 12.2. The van der Waals surface area contributed by atoms with Crippen molar-refractivity contribution in [1.82, 2.24) is 10.2 Å². The highest BCUT2D eigenvalue weighted by molar-refractivity contribution is 6.06. The van der Waals surface area contributed by atoms with E-state index in [0.29, 0.717) is 17.9 Å². The summed E-state index contributed by atoms with van der Waals surface area (Å²) in [7, 11) is 0. The Labute approximate surface area is 159 Å². The Bertz CT molecular complexity index is 703. The zero-order valence-electron chi connectivity index (χ0n) is 15.5. The van der Waals surface area contributed by atoms with E-state index < -0.39 is 5.91 Å². The maximum Gasteiger partial charge on any atom is 0.267 e. The quantitative estimate of drug-likeness (QED) is 0.361. The third-order valence-electron chi connectivity index (χ3n) is 3.97. The molecular formula is C19H25N5O3. The fourth-order valence-corrected chi connectivity index (χ4v) is 2.59. The van der Waals surface area contributed by atoms with Gasteiger partial charge in [0.05, 0.1) is 13.2 Å². The largest absolute Gasteiger partial charge is 0.390 e. The first-order valence-corrected chi connectivity index (χ1v) is 8.91. The zero-order valence-corrected chi connectivity index (χ0v) is 15.5. The molecule has 8 nitrogen and oxygen atoms in total. The lowest BCUT2D eigenvalue weighted by Gasteiger charge is -2.26. The van der Waals surface area contributed by atoms with Crippen LogP contribution in [0.3, 0.4) is 0 Å². The molecule has 1 aliphatic rings. The number of carbonyl (C=O) groups is 2. The minimum absolute atomic E-state index is 0.00677. The van der Waals surface area contributed by atoms with Crippen molar-refractivity contribution >= 4 is 23.2 Å². The van der Waals surface area contributed by atoms with E-state index in [9.17, 15) is 14.9 Å². The Morgan fingerprint density at radius 2 is 1.81 bits per heavy atom. The van der Waals surface area contributed by atoms with Crippen LogP contribution in [-0.2, 0) is 14.3 Å². The summed E-state index contributed by atoms with van der Waals surface area (Å²) in [6.07, 6.45) is 2.36. The van der Waals surface area contributed by atoms with E-state index in [2.05, 4.69) is 20.9 Å². The molecule has 0 atom stereocenters. The molecule has 1 aromatic rings. The van der Waals surface area contributed by atoms with E-state index in [1.54, 1.807) is 24.3 Å². The fourth-order valence-electron chi connectivity index (χ4n) is 2.59. The number of anilines is 2. The van der Waals surface area contributed by atoms with E-state index >= 15 is 0 Å². The van der Waals surface area contributed by atoms with Gasteiger partial charge in [0.25, 0.3) is 5.91 Å². The van der Waals surface area contributed by atoms with Crippen molar-refractivity contribution in [2.24, 2.45) is 0 Å². The van der Waals surface area contributed by atoms with Crippen molar-refractivity contribution < 1.29 is 14.3 Å². The van der Waals surface area contributed by atoms with Crippen LogP contribution in [0.2, 0.25) is 0 Å². The first kappa shape index (κ1) is 20.4. The lowest BCUT2D eigenvalue weighted by atomic mass is 10.2. The molecule has 144 valence electrons. The molecule has 2 rings (SSSR count). The van der Waals surface area contributed by atoms with Gasteiger partial charge in [0.2, 0.25) is 5.91 Å². The normalized spacial score (nSPS) is 14.9. The molecule has 0 saturated carbocycles. The summed E-state index contributed by atoms with van der Waals surface area (Å²) in [5.41, 5.74) is 1.19. The number of hydrogen-bond donors (Lipinski definition) is 3. The lowest BCUT2D eigenvalue weighted by Crippen LogP contribution is -2.37. The van der Waals surface area contributed by atoms with Gasteiger partial charge in [-0.05, 0) is 37.2 Å². The molecule has 1 aliphatic heterocycles. The molecule has 0 spiro atoms. The topological polar surface area (TPSA) is 106 Å². The van der Waals surface area contributed by atoms with Crippen LogP contribution in [0.25, 0.3) is 0 Å². The SMILES string of the molecule is CC(=O)Nc1ccc(NC(=O)/C(C#N)=C\NCCCN2CCOCC2)cc1. The maximum absolute atomic E-state index is 12.2. The number of nitrogens with zero attached hydrogens (tertiary/aromatic N) is 2. The number of morpholine rings is 1. The van der Waals surface area contributed by atoms with E-state index in [4.69, 9.17) is 4.74 Å². The minimum atomic E-state index is -0.481. The number of ether oxygens (including phenoxy) is 1. The number of amides is 2. The molecule has 3 N–H and O–H groups in total. The Morgan fingerprint density at radius 3 is 2.41 bits per heavy atom. The molecule has 27 heavy (non-hydrogen) atoms. The highest BCUT2D eigenvalue weighted by Crippen LogP contribution is 2.14. The van der Waals surface area contributed by atoms with Crippen molar-refractivity contribution in [1.29, 1.82) is 5.26 Å². The van der Waals surface area contributed by atoms with E-state index in [1.165, 1.54) is 13.1 Å². The van der Waals surface area contributed by atoms with Crippen LogP contribution in [0, 0.1) is 11.3 Å². The van der Waals surface area contributed by atoms with Gasteiger partial charge in [-0.15, -0.1) is 0 Å². The van der Waals surface area contributed by atoms with Gasteiger partial charge in [0.1, 0.15) is 11.6 Å². The van der Waals surface area contributed by atoms with E-state index in [0.717, 1.165) is 39.3 Å². The number of rotatable bonds is 8. The van der Waals surface area contributed by atoms with Crippen LogP contribution in [0.4, 0.5) is 11.4 Å². The van der Waals surface area contributed by atoms with E-state index in [1.807, 2.05) is 6.07 Å². The average Bonchev–Trinajstić information content (AvgIpc) is 2.66. The predicted octanol–water partition coefficient (Wildman–Crippen LogP) is 1.30. The van der Waals surface area contributed by atoms with Gasteiger partial charge >= 0.3 is 0 Å².